The van der Waals surface area contributed by atoms with Crippen molar-refractivity contribution >= 4 is 29.3 Å². The summed E-state index contributed by atoms with van der Waals surface area (Å²) in [6, 6.07) is 26.1. The molecule has 0 radical (unpaired) electrons. The minimum Gasteiger partial charge on any atom is -0.336 e. The molecule has 0 atom stereocenters. The van der Waals surface area contributed by atoms with Crippen LogP contribution in [0, 0.1) is 0 Å². The minimum absolute atomic E-state index is 0.134. The Morgan fingerprint density at radius 3 is 2.33 bits per heavy atom. The summed E-state index contributed by atoms with van der Waals surface area (Å²) in [5, 5.41) is 1.19. The first-order chi connectivity index (χ1) is 13.2. The third-order valence-corrected chi connectivity index (χ3v) is 6.16. The zero-order valence-electron chi connectivity index (χ0n) is 14.8. The summed E-state index contributed by atoms with van der Waals surface area (Å²) in [6.07, 6.45) is 0.777. The quantitative estimate of drug-likeness (QED) is 0.566. The number of nitrogens with zero attached hydrogens (tertiary/aromatic N) is 1. The summed E-state index contributed by atoms with van der Waals surface area (Å²) in [4.78, 5) is 16.1. The Kier molecular flexibility index (Phi) is 5.51. The molecular formula is C23H20ClNOS. The first-order valence-corrected chi connectivity index (χ1v) is 10.3. The zero-order valence-corrected chi connectivity index (χ0v) is 16.4. The Bertz CT molecular complexity index is 921. The van der Waals surface area contributed by atoms with Crippen molar-refractivity contribution in [3.05, 3.63) is 101 Å². The number of hydrogen-bond donors (Lipinski definition) is 0. The lowest BCUT2D eigenvalue weighted by Crippen LogP contribution is -2.52. The SMILES string of the molecule is O=C(c1ccccc1Cc1ccccc1)N1CC(Sc2ccc(Cl)cc2)C1. The van der Waals surface area contributed by atoms with Crippen LogP contribution in [-0.2, 0) is 6.42 Å². The van der Waals surface area contributed by atoms with Crippen molar-refractivity contribution in [2.45, 2.75) is 16.6 Å². The molecule has 0 bridgehead atoms. The van der Waals surface area contributed by atoms with Crippen LogP contribution in [0.1, 0.15) is 21.5 Å². The minimum atomic E-state index is 0.134. The highest BCUT2D eigenvalue weighted by Crippen LogP contribution is 2.31. The normalized spacial score (nSPS) is 14.0. The van der Waals surface area contributed by atoms with Gasteiger partial charge < -0.3 is 4.90 Å². The van der Waals surface area contributed by atoms with E-state index >= 15 is 0 Å². The van der Waals surface area contributed by atoms with E-state index in [1.54, 1.807) is 0 Å². The van der Waals surface area contributed by atoms with Gasteiger partial charge in [-0.3, -0.25) is 4.79 Å². The van der Waals surface area contributed by atoms with E-state index in [9.17, 15) is 4.79 Å². The second kappa shape index (κ2) is 8.20. The molecule has 1 aliphatic rings. The van der Waals surface area contributed by atoms with Gasteiger partial charge in [-0.05, 0) is 47.9 Å². The molecule has 1 aliphatic heterocycles. The monoisotopic (exact) mass is 393 g/mol. The van der Waals surface area contributed by atoms with E-state index in [1.807, 2.05) is 77.3 Å². The fourth-order valence-electron chi connectivity index (χ4n) is 3.25. The van der Waals surface area contributed by atoms with Crippen LogP contribution in [0.5, 0.6) is 0 Å². The van der Waals surface area contributed by atoms with Crippen molar-refractivity contribution in [2.75, 3.05) is 13.1 Å². The first kappa shape index (κ1) is 18.1. The van der Waals surface area contributed by atoms with Gasteiger partial charge in [0.25, 0.3) is 5.91 Å². The predicted octanol–water partition coefficient (Wildman–Crippen LogP) is 5.55. The molecule has 0 spiro atoms. The molecule has 0 aliphatic carbocycles. The topological polar surface area (TPSA) is 20.3 Å². The van der Waals surface area contributed by atoms with Crippen LogP contribution in [-0.4, -0.2) is 29.1 Å². The Hall–Kier alpha value is -2.23. The second-order valence-electron chi connectivity index (χ2n) is 6.72. The van der Waals surface area contributed by atoms with Crippen molar-refractivity contribution in [3.63, 3.8) is 0 Å². The number of benzene rings is 3. The van der Waals surface area contributed by atoms with Gasteiger partial charge in [-0.2, -0.15) is 0 Å². The number of halogens is 1. The number of likely N-dealkylation sites (tertiary alicyclic amines) is 1. The van der Waals surface area contributed by atoms with E-state index in [1.165, 1.54) is 10.5 Å². The largest absolute Gasteiger partial charge is 0.336 e. The van der Waals surface area contributed by atoms with E-state index < -0.39 is 0 Å². The third kappa shape index (κ3) is 4.37. The Morgan fingerprint density at radius 1 is 0.926 bits per heavy atom. The molecule has 27 heavy (non-hydrogen) atoms. The van der Waals surface area contributed by atoms with Gasteiger partial charge in [-0.15, -0.1) is 11.8 Å². The van der Waals surface area contributed by atoms with E-state index in [-0.39, 0.29) is 5.91 Å². The van der Waals surface area contributed by atoms with E-state index in [2.05, 4.69) is 18.2 Å². The van der Waals surface area contributed by atoms with Crippen molar-refractivity contribution in [2.24, 2.45) is 0 Å². The summed E-state index contributed by atoms with van der Waals surface area (Å²) >= 11 is 7.75. The summed E-state index contributed by atoms with van der Waals surface area (Å²) in [5.41, 5.74) is 3.12. The number of carbonyl (C=O) groups excluding carboxylic acids is 1. The van der Waals surface area contributed by atoms with Gasteiger partial charge in [-0.25, -0.2) is 0 Å². The van der Waals surface area contributed by atoms with Crippen LogP contribution < -0.4 is 0 Å². The molecule has 1 amide bonds. The number of amides is 1. The molecule has 0 aromatic heterocycles. The molecule has 1 fully saturated rings. The molecule has 3 aromatic carbocycles. The maximum Gasteiger partial charge on any atom is 0.254 e. The van der Waals surface area contributed by atoms with Gasteiger partial charge in [-0.1, -0.05) is 60.1 Å². The maximum absolute atomic E-state index is 13.0. The van der Waals surface area contributed by atoms with E-state index in [0.717, 1.165) is 35.7 Å². The summed E-state index contributed by atoms with van der Waals surface area (Å²) < 4.78 is 0. The molecule has 4 rings (SSSR count). The molecule has 136 valence electrons. The van der Waals surface area contributed by atoms with Crippen LogP contribution >= 0.6 is 23.4 Å². The van der Waals surface area contributed by atoms with Crippen molar-refractivity contribution in [3.8, 4) is 0 Å². The highest BCUT2D eigenvalue weighted by atomic mass is 35.5. The first-order valence-electron chi connectivity index (χ1n) is 9.02. The molecule has 2 nitrogen and oxygen atoms in total. The lowest BCUT2D eigenvalue weighted by atomic mass is 9.98. The van der Waals surface area contributed by atoms with Crippen LogP contribution in [0.25, 0.3) is 0 Å². The third-order valence-electron chi connectivity index (χ3n) is 4.74. The number of carbonyl (C=O) groups is 1. The summed E-state index contributed by atoms with van der Waals surface area (Å²) in [6.45, 7) is 1.57. The predicted molar refractivity (Wildman–Crippen MR) is 113 cm³/mol. The standard InChI is InChI=1S/C23H20ClNOS/c24-19-10-12-20(13-11-19)27-21-15-25(16-21)23(26)22-9-5-4-8-18(22)14-17-6-2-1-3-7-17/h1-13,21H,14-16H2. The molecular weight excluding hydrogens is 374 g/mol. The number of thioether (sulfide) groups is 1. The molecule has 0 unspecified atom stereocenters. The lowest BCUT2D eigenvalue weighted by molar-refractivity contribution is 0.0663. The summed E-state index contributed by atoms with van der Waals surface area (Å²) in [5.74, 6) is 0.134. The summed E-state index contributed by atoms with van der Waals surface area (Å²) in [7, 11) is 0. The van der Waals surface area contributed by atoms with E-state index in [4.69, 9.17) is 11.6 Å². The van der Waals surface area contributed by atoms with Gasteiger partial charge in [0, 0.05) is 33.8 Å². The average Bonchev–Trinajstić information content (AvgIpc) is 2.67. The van der Waals surface area contributed by atoms with Crippen molar-refractivity contribution in [1.29, 1.82) is 0 Å². The average molecular weight is 394 g/mol. The van der Waals surface area contributed by atoms with E-state index in [0.29, 0.717) is 5.25 Å². The number of rotatable bonds is 5. The second-order valence-corrected chi connectivity index (χ2v) is 8.53. The van der Waals surface area contributed by atoms with Crippen LogP contribution in [0.2, 0.25) is 5.02 Å². The van der Waals surface area contributed by atoms with Crippen LogP contribution in [0.15, 0.2) is 83.8 Å². The maximum atomic E-state index is 13.0. The molecule has 0 N–H and O–H groups in total. The highest BCUT2D eigenvalue weighted by molar-refractivity contribution is 8.00. The molecule has 1 saturated heterocycles. The van der Waals surface area contributed by atoms with Crippen LogP contribution in [0.4, 0.5) is 0 Å². The molecule has 3 aromatic rings. The Morgan fingerprint density at radius 2 is 1.59 bits per heavy atom. The smallest absolute Gasteiger partial charge is 0.254 e. The fourth-order valence-corrected chi connectivity index (χ4v) is 4.57. The Labute approximate surface area is 169 Å². The highest BCUT2D eigenvalue weighted by Gasteiger charge is 2.32. The zero-order chi connectivity index (χ0) is 18.6. The molecule has 4 heteroatoms. The van der Waals surface area contributed by atoms with Gasteiger partial charge in [0.15, 0.2) is 0 Å². The van der Waals surface area contributed by atoms with Crippen molar-refractivity contribution < 1.29 is 4.79 Å². The van der Waals surface area contributed by atoms with Gasteiger partial charge in [0.05, 0.1) is 0 Å². The fraction of sp³-hybridized carbons (Fsp3) is 0.174. The van der Waals surface area contributed by atoms with Gasteiger partial charge in [0.2, 0.25) is 0 Å². The molecule has 1 heterocycles. The van der Waals surface area contributed by atoms with Gasteiger partial charge in [0.1, 0.15) is 0 Å². The molecule has 0 saturated carbocycles. The number of hydrogen-bond acceptors (Lipinski definition) is 2. The lowest BCUT2D eigenvalue weighted by Gasteiger charge is -2.39. The Balaban J connectivity index is 1.40. The van der Waals surface area contributed by atoms with Crippen molar-refractivity contribution in [1.82, 2.24) is 4.90 Å². The van der Waals surface area contributed by atoms with Gasteiger partial charge >= 0.3 is 0 Å². The van der Waals surface area contributed by atoms with Crippen LogP contribution in [0.3, 0.4) is 0 Å².